The SMILES string of the molecule is Cc1cc(CNC(=O)C(=O)C(NC(=O)C(C)NC(=O)C(NC(=O)c2ccccc2)C(C)(C)C)C(C)C)no1. The highest BCUT2D eigenvalue weighted by Gasteiger charge is 2.36. The van der Waals surface area contributed by atoms with E-state index < -0.39 is 58.9 Å². The van der Waals surface area contributed by atoms with Crippen molar-refractivity contribution in [1.29, 1.82) is 0 Å². The maximum Gasteiger partial charge on any atom is 0.289 e. The number of nitrogens with zero attached hydrogens (tertiary/aromatic N) is 1. The van der Waals surface area contributed by atoms with Gasteiger partial charge in [0.2, 0.25) is 17.6 Å². The van der Waals surface area contributed by atoms with Crippen LogP contribution in [0.15, 0.2) is 40.9 Å². The normalized spacial score (nSPS) is 13.7. The van der Waals surface area contributed by atoms with E-state index in [0.29, 0.717) is 17.0 Å². The Morgan fingerprint density at radius 1 is 0.921 bits per heavy atom. The Hall–Kier alpha value is -4.02. The lowest BCUT2D eigenvalue weighted by molar-refractivity contribution is -0.141. The van der Waals surface area contributed by atoms with Gasteiger partial charge < -0.3 is 25.8 Å². The first-order valence-corrected chi connectivity index (χ1v) is 12.4. The van der Waals surface area contributed by atoms with Gasteiger partial charge in [-0.25, -0.2) is 0 Å². The summed E-state index contributed by atoms with van der Waals surface area (Å²) in [7, 11) is 0. The van der Waals surface area contributed by atoms with Crippen LogP contribution in [0.2, 0.25) is 0 Å². The van der Waals surface area contributed by atoms with Crippen molar-refractivity contribution in [2.45, 2.75) is 73.1 Å². The van der Waals surface area contributed by atoms with E-state index in [1.807, 2.05) is 0 Å². The fraction of sp³-hybridized carbons (Fsp3) is 0.481. The third kappa shape index (κ3) is 8.53. The molecule has 3 unspecified atom stereocenters. The van der Waals surface area contributed by atoms with Crippen molar-refractivity contribution in [2.75, 3.05) is 0 Å². The highest BCUT2D eigenvalue weighted by molar-refractivity contribution is 6.38. The van der Waals surface area contributed by atoms with Crippen LogP contribution in [-0.2, 0) is 25.7 Å². The van der Waals surface area contributed by atoms with Crippen LogP contribution in [0.4, 0.5) is 0 Å². The van der Waals surface area contributed by atoms with Gasteiger partial charge in [0.25, 0.3) is 11.8 Å². The van der Waals surface area contributed by atoms with Crippen molar-refractivity contribution in [1.82, 2.24) is 26.4 Å². The Balaban J connectivity index is 2.02. The Labute approximate surface area is 222 Å². The van der Waals surface area contributed by atoms with Crippen LogP contribution in [-0.4, -0.2) is 52.7 Å². The molecular weight excluding hydrogens is 490 g/mol. The number of carbonyl (C=O) groups is 5. The molecule has 0 fully saturated rings. The smallest absolute Gasteiger partial charge is 0.289 e. The van der Waals surface area contributed by atoms with Crippen molar-refractivity contribution >= 4 is 29.4 Å². The fourth-order valence-corrected chi connectivity index (χ4v) is 3.56. The Morgan fingerprint density at radius 3 is 2.08 bits per heavy atom. The molecule has 1 aromatic carbocycles. The molecule has 1 heterocycles. The van der Waals surface area contributed by atoms with E-state index in [4.69, 9.17) is 4.52 Å². The quantitative estimate of drug-likeness (QED) is 0.323. The molecule has 4 amide bonds. The number of rotatable bonds is 11. The number of hydrogen-bond acceptors (Lipinski definition) is 7. The minimum Gasteiger partial charge on any atom is -0.361 e. The van der Waals surface area contributed by atoms with Gasteiger partial charge in [0.1, 0.15) is 23.5 Å². The summed E-state index contributed by atoms with van der Waals surface area (Å²) in [6, 6.07) is 7.01. The van der Waals surface area contributed by atoms with Crippen LogP contribution in [0.1, 0.15) is 63.4 Å². The third-order valence-electron chi connectivity index (χ3n) is 5.77. The van der Waals surface area contributed by atoms with Crippen molar-refractivity contribution in [3.8, 4) is 0 Å². The minimum absolute atomic E-state index is 0.00394. The Bertz CT molecular complexity index is 1150. The van der Waals surface area contributed by atoms with Gasteiger partial charge in [0.15, 0.2) is 0 Å². The summed E-state index contributed by atoms with van der Waals surface area (Å²) in [6.07, 6.45) is 0. The van der Waals surface area contributed by atoms with Crippen LogP contribution in [0.5, 0.6) is 0 Å². The number of nitrogens with one attached hydrogen (secondary N) is 4. The van der Waals surface area contributed by atoms with E-state index in [1.54, 1.807) is 77.9 Å². The van der Waals surface area contributed by atoms with Crippen molar-refractivity contribution in [3.63, 3.8) is 0 Å². The number of Topliss-reactive ketones (excluding diaryl/α,β-unsaturated/α-hetero) is 1. The fourth-order valence-electron chi connectivity index (χ4n) is 3.56. The molecule has 0 aliphatic heterocycles. The molecule has 2 rings (SSSR count). The lowest BCUT2D eigenvalue weighted by Gasteiger charge is -2.31. The molecule has 0 spiro atoms. The van der Waals surface area contributed by atoms with Gasteiger partial charge in [-0.2, -0.15) is 0 Å². The highest BCUT2D eigenvalue weighted by atomic mass is 16.5. The van der Waals surface area contributed by atoms with E-state index in [0.717, 1.165) is 0 Å². The Morgan fingerprint density at radius 2 is 1.55 bits per heavy atom. The van der Waals surface area contributed by atoms with Crippen LogP contribution < -0.4 is 21.3 Å². The topological polar surface area (TPSA) is 160 Å². The first-order valence-electron chi connectivity index (χ1n) is 12.4. The number of hydrogen-bond donors (Lipinski definition) is 4. The second-order valence-electron chi connectivity index (χ2n) is 10.6. The average Bonchev–Trinajstić information content (AvgIpc) is 3.27. The van der Waals surface area contributed by atoms with Crippen LogP contribution in [0, 0.1) is 18.3 Å². The zero-order valence-corrected chi connectivity index (χ0v) is 22.9. The summed E-state index contributed by atoms with van der Waals surface area (Å²) < 4.78 is 4.93. The molecule has 38 heavy (non-hydrogen) atoms. The molecule has 0 radical (unpaired) electrons. The number of ketones is 1. The minimum atomic E-state index is -1.11. The second-order valence-corrected chi connectivity index (χ2v) is 10.6. The standard InChI is InChI=1S/C27H37N5O6/c1-15(2)20(21(33)25(36)28-14-19-13-16(3)38-32-19)30-23(34)17(4)29-26(37)22(27(5,6)7)31-24(35)18-11-9-8-10-12-18/h8-13,15,17,20,22H,14H2,1-7H3,(H,28,36)(H,29,37)(H,30,34)(H,31,35). The van der Waals surface area contributed by atoms with E-state index in [1.165, 1.54) is 6.92 Å². The zero-order valence-electron chi connectivity index (χ0n) is 22.9. The predicted molar refractivity (Wildman–Crippen MR) is 140 cm³/mol. The van der Waals surface area contributed by atoms with Gasteiger partial charge in [-0.05, 0) is 37.3 Å². The van der Waals surface area contributed by atoms with Gasteiger partial charge in [0.05, 0.1) is 12.6 Å². The zero-order chi connectivity index (χ0) is 28.6. The molecule has 0 saturated heterocycles. The second kappa shape index (κ2) is 13.0. The molecule has 0 saturated carbocycles. The number of aromatic nitrogens is 1. The lowest BCUT2D eigenvalue weighted by Crippen LogP contribution is -2.59. The molecule has 4 N–H and O–H groups in total. The number of aryl methyl sites for hydroxylation is 1. The lowest BCUT2D eigenvalue weighted by atomic mass is 9.85. The molecule has 206 valence electrons. The molecule has 11 heteroatoms. The number of amides is 4. The predicted octanol–water partition coefficient (Wildman–Crippen LogP) is 1.66. The van der Waals surface area contributed by atoms with E-state index >= 15 is 0 Å². The number of carbonyl (C=O) groups excluding carboxylic acids is 5. The maximum absolute atomic E-state index is 13.1. The van der Waals surface area contributed by atoms with E-state index in [-0.39, 0.29) is 6.54 Å². The third-order valence-corrected chi connectivity index (χ3v) is 5.77. The van der Waals surface area contributed by atoms with Crippen molar-refractivity contribution in [3.05, 3.63) is 53.4 Å². The van der Waals surface area contributed by atoms with Gasteiger partial charge in [0, 0.05) is 11.6 Å². The average molecular weight is 528 g/mol. The first kappa shape index (κ1) is 30.2. The number of benzene rings is 1. The summed E-state index contributed by atoms with van der Waals surface area (Å²) in [5.41, 5.74) is 0.190. The summed E-state index contributed by atoms with van der Waals surface area (Å²) >= 11 is 0. The molecule has 3 atom stereocenters. The molecule has 2 aromatic rings. The summed E-state index contributed by atoms with van der Waals surface area (Å²) in [5.74, 6) is -3.16. The highest BCUT2D eigenvalue weighted by Crippen LogP contribution is 2.20. The Kier molecular flexibility index (Phi) is 10.3. The first-order chi connectivity index (χ1) is 17.7. The van der Waals surface area contributed by atoms with Crippen LogP contribution >= 0.6 is 0 Å². The molecular formula is C27H37N5O6. The van der Waals surface area contributed by atoms with Gasteiger partial charge in [-0.15, -0.1) is 0 Å². The van der Waals surface area contributed by atoms with Crippen molar-refractivity contribution in [2.24, 2.45) is 11.3 Å². The molecule has 11 nitrogen and oxygen atoms in total. The summed E-state index contributed by atoms with van der Waals surface area (Å²) in [5, 5.41) is 14.1. The van der Waals surface area contributed by atoms with Crippen LogP contribution in [0.3, 0.4) is 0 Å². The monoisotopic (exact) mass is 527 g/mol. The summed E-state index contributed by atoms with van der Waals surface area (Å²) in [4.78, 5) is 63.9. The molecule has 0 bridgehead atoms. The van der Waals surface area contributed by atoms with Gasteiger partial charge in [-0.1, -0.05) is 58.0 Å². The van der Waals surface area contributed by atoms with Crippen molar-refractivity contribution < 1.29 is 28.5 Å². The molecule has 0 aliphatic carbocycles. The van der Waals surface area contributed by atoms with E-state index in [2.05, 4.69) is 26.4 Å². The van der Waals surface area contributed by atoms with Crippen LogP contribution in [0.25, 0.3) is 0 Å². The summed E-state index contributed by atoms with van der Waals surface area (Å²) in [6.45, 7) is 11.9. The van der Waals surface area contributed by atoms with Gasteiger partial charge in [-0.3, -0.25) is 24.0 Å². The molecule has 0 aliphatic rings. The maximum atomic E-state index is 13.1. The van der Waals surface area contributed by atoms with E-state index in [9.17, 15) is 24.0 Å². The largest absolute Gasteiger partial charge is 0.361 e. The molecule has 1 aromatic heterocycles. The van der Waals surface area contributed by atoms with Gasteiger partial charge >= 0.3 is 0 Å².